The fourth-order valence-corrected chi connectivity index (χ4v) is 2.45. The molecular weight excluding hydrogens is 292 g/mol. The summed E-state index contributed by atoms with van der Waals surface area (Å²) >= 11 is 0. The van der Waals surface area contributed by atoms with Crippen LogP contribution in [0.15, 0.2) is 48.5 Å². The van der Waals surface area contributed by atoms with Gasteiger partial charge in [0.2, 0.25) is 0 Å². The van der Waals surface area contributed by atoms with Gasteiger partial charge in [-0.25, -0.2) is 0 Å². The Kier molecular flexibility index (Phi) is 4.47. The summed E-state index contributed by atoms with van der Waals surface area (Å²) in [7, 11) is 0. The van der Waals surface area contributed by atoms with Crippen LogP contribution in [0, 0.1) is 0 Å². The Hall–Kier alpha value is -2.95. The lowest BCUT2D eigenvalue weighted by Crippen LogP contribution is -1.98. The van der Waals surface area contributed by atoms with E-state index < -0.39 is 0 Å². The smallest absolute Gasteiger partial charge is 0.293 e. The van der Waals surface area contributed by atoms with Crippen molar-refractivity contribution in [1.29, 1.82) is 0 Å². The van der Waals surface area contributed by atoms with Gasteiger partial charge in [0.15, 0.2) is 0 Å². The van der Waals surface area contributed by atoms with Crippen molar-refractivity contribution < 1.29 is 14.3 Å². The molecular formula is C18H18N2O3. The Morgan fingerprint density at radius 2 is 1.96 bits per heavy atom. The fourth-order valence-electron chi connectivity index (χ4n) is 2.45. The molecule has 3 N–H and O–H groups in total. The van der Waals surface area contributed by atoms with Crippen molar-refractivity contribution in [2.24, 2.45) is 0 Å². The van der Waals surface area contributed by atoms with Crippen molar-refractivity contribution in [3.63, 3.8) is 0 Å². The predicted molar refractivity (Wildman–Crippen MR) is 89.2 cm³/mol. The van der Waals surface area contributed by atoms with Gasteiger partial charge in [0.25, 0.3) is 6.47 Å². The first kappa shape index (κ1) is 15.0. The van der Waals surface area contributed by atoms with Crippen LogP contribution in [0.5, 0.6) is 5.75 Å². The molecule has 3 rings (SSSR count). The second kappa shape index (κ2) is 6.87. The highest BCUT2D eigenvalue weighted by Gasteiger charge is 2.07. The maximum Gasteiger partial charge on any atom is 0.293 e. The zero-order chi connectivity index (χ0) is 16.1. The van der Waals surface area contributed by atoms with Crippen LogP contribution < -0.4 is 10.5 Å². The average Bonchev–Trinajstić information content (AvgIpc) is 2.95. The number of ether oxygens (including phenoxy) is 2. The maximum absolute atomic E-state index is 10.2. The van der Waals surface area contributed by atoms with E-state index in [1.807, 2.05) is 48.5 Å². The Morgan fingerprint density at radius 3 is 2.74 bits per heavy atom. The average molecular weight is 310 g/mol. The number of aromatic amines is 1. The highest BCUT2D eigenvalue weighted by molar-refractivity contribution is 5.86. The van der Waals surface area contributed by atoms with Gasteiger partial charge >= 0.3 is 0 Å². The number of anilines is 1. The van der Waals surface area contributed by atoms with Crippen LogP contribution in [0.2, 0.25) is 0 Å². The summed E-state index contributed by atoms with van der Waals surface area (Å²) in [6.45, 7) is 1.28. The first-order chi connectivity index (χ1) is 11.3. The normalized spacial score (nSPS) is 10.6. The Bertz CT molecular complexity index is 797. The van der Waals surface area contributed by atoms with Gasteiger partial charge in [-0.3, -0.25) is 4.79 Å². The molecule has 0 saturated carbocycles. The highest BCUT2D eigenvalue weighted by atomic mass is 16.5. The molecule has 0 radical (unpaired) electrons. The SMILES string of the molecule is Nc1cc2[nH]c(CCOC=O)cc2cc1OCc1ccccc1. The van der Waals surface area contributed by atoms with E-state index in [1.54, 1.807) is 0 Å². The number of nitrogens with two attached hydrogens (primary N) is 1. The Balaban J connectivity index is 1.75. The van der Waals surface area contributed by atoms with Gasteiger partial charge in [0, 0.05) is 23.0 Å². The van der Waals surface area contributed by atoms with Crippen LogP contribution in [0.25, 0.3) is 10.9 Å². The number of hydrogen-bond donors (Lipinski definition) is 2. The molecule has 5 nitrogen and oxygen atoms in total. The van der Waals surface area contributed by atoms with Crippen molar-refractivity contribution in [2.75, 3.05) is 12.3 Å². The first-order valence-corrected chi connectivity index (χ1v) is 7.39. The highest BCUT2D eigenvalue weighted by Crippen LogP contribution is 2.29. The molecule has 3 aromatic rings. The minimum Gasteiger partial charge on any atom is -0.487 e. The third-order valence-electron chi connectivity index (χ3n) is 3.60. The van der Waals surface area contributed by atoms with Crippen LogP contribution in [0.4, 0.5) is 5.69 Å². The monoisotopic (exact) mass is 310 g/mol. The molecule has 0 atom stereocenters. The lowest BCUT2D eigenvalue weighted by atomic mass is 10.2. The largest absolute Gasteiger partial charge is 0.487 e. The first-order valence-electron chi connectivity index (χ1n) is 7.39. The summed E-state index contributed by atoms with van der Waals surface area (Å²) in [5, 5.41) is 1.02. The summed E-state index contributed by atoms with van der Waals surface area (Å²) in [5.74, 6) is 0.663. The molecule has 0 fully saturated rings. The van der Waals surface area contributed by atoms with E-state index in [1.165, 1.54) is 0 Å². The molecule has 1 aromatic heterocycles. The summed E-state index contributed by atoms with van der Waals surface area (Å²) in [4.78, 5) is 13.4. The second-order valence-electron chi connectivity index (χ2n) is 5.26. The van der Waals surface area contributed by atoms with Gasteiger partial charge < -0.3 is 20.2 Å². The van der Waals surface area contributed by atoms with Crippen molar-refractivity contribution in [3.05, 3.63) is 59.8 Å². The third-order valence-corrected chi connectivity index (χ3v) is 3.60. The molecule has 1 heterocycles. The number of rotatable bonds is 7. The van der Waals surface area contributed by atoms with Gasteiger partial charge in [-0.1, -0.05) is 30.3 Å². The second-order valence-corrected chi connectivity index (χ2v) is 5.26. The predicted octanol–water partition coefficient (Wildman–Crippen LogP) is 3.04. The van der Waals surface area contributed by atoms with Crippen molar-refractivity contribution in [2.45, 2.75) is 13.0 Å². The number of fused-ring (bicyclic) bond motifs is 1. The topological polar surface area (TPSA) is 77.3 Å². The Morgan fingerprint density at radius 1 is 1.13 bits per heavy atom. The van der Waals surface area contributed by atoms with Crippen LogP contribution in [-0.2, 0) is 22.6 Å². The summed E-state index contributed by atoms with van der Waals surface area (Å²) in [6, 6.07) is 15.7. The molecule has 0 spiro atoms. The van der Waals surface area contributed by atoms with Gasteiger partial charge in [-0.2, -0.15) is 0 Å². The quantitative estimate of drug-likeness (QED) is 0.399. The number of benzene rings is 2. The van der Waals surface area contributed by atoms with Gasteiger partial charge in [0.1, 0.15) is 12.4 Å². The fraction of sp³-hybridized carbons (Fsp3) is 0.167. The number of H-pyrrole nitrogens is 1. The van der Waals surface area contributed by atoms with E-state index in [0.717, 1.165) is 22.2 Å². The van der Waals surface area contributed by atoms with Crippen LogP contribution in [0.3, 0.4) is 0 Å². The number of carbonyl (C=O) groups excluding carboxylic acids is 1. The molecule has 0 unspecified atom stereocenters. The molecule has 0 amide bonds. The van der Waals surface area contributed by atoms with Crippen molar-refractivity contribution in [1.82, 2.24) is 4.98 Å². The molecule has 0 bridgehead atoms. The van der Waals surface area contributed by atoms with Gasteiger partial charge in [-0.15, -0.1) is 0 Å². The molecule has 0 saturated heterocycles. The zero-order valence-electron chi connectivity index (χ0n) is 12.6. The summed E-state index contributed by atoms with van der Waals surface area (Å²) in [5.41, 5.74) is 9.67. The molecule has 0 aliphatic heterocycles. The molecule has 118 valence electrons. The van der Waals surface area contributed by atoms with Gasteiger partial charge in [-0.05, 0) is 23.8 Å². The zero-order valence-corrected chi connectivity index (χ0v) is 12.6. The molecule has 23 heavy (non-hydrogen) atoms. The summed E-state index contributed by atoms with van der Waals surface area (Å²) < 4.78 is 10.5. The number of aromatic nitrogens is 1. The molecule has 5 heteroatoms. The molecule has 0 aliphatic carbocycles. The van der Waals surface area contributed by atoms with E-state index in [-0.39, 0.29) is 0 Å². The van der Waals surface area contributed by atoms with Crippen molar-refractivity contribution >= 4 is 23.1 Å². The Labute approximate surface area is 134 Å². The lowest BCUT2D eigenvalue weighted by Gasteiger charge is -2.09. The number of nitrogen functional groups attached to an aromatic ring is 1. The van der Waals surface area contributed by atoms with E-state index in [9.17, 15) is 4.79 Å². The van der Waals surface area contributed by atoms with Crippen molar-refractivity contribution in [3.8, 4) is 5.75 Å². The number of nitrogens with one attached hydrogen (secondary N) is 1. The lowest BCUT2D eigenvalue weighted by molar-refractivity contribution is -0.128. The van der Waals surface area contributed by atoms with Crippen LogP contribution in [-0.4, -0.2) is 18.1 Å². The summed E-state index contributed by atoms with van der Waals surface area (Å²) in [6.07, 6.45) is 0.632. The van der Waals surface area contributed by atoms with Gasteiger partial charge in [0.05, 0.1) is 12.3 Å². The number of carbonyl (C=O) groups is 1. The van der Waals surface area contributed by atoms with Crippen LogP contribution >= 0.6 is 0 Å². The molecule has 0 aliphatic rings. The maximum atomic E-state index is 10.2. The van der Waals surface area contributed by atoms with E-state index in [4.69, 9.17) is 15.2 Å². The standard InChI is InChI=1S/C18H18N2O3/c19-16-10-17-14(8-15(20-17)6-7-22-12-21)9-18(16)23-11-13-4-2-1-3-5-13/h1-5,8-10,12,20H,6-7,11,19H2. The minimum absolute atomic E-state index is 0.350. The third kappa shape index (κ3) is 3.63. The van der Waals surface area contributed by atoms with Crippen LogP contribution in [0.1, 0.15) is 11.3 Å². The number of hydrogen-bond acceptors (Lipinski definition) is 4. The minimum atomic E-state index is 0.350. The molecule has 2 aromatic carbocycles. The van der Waals surface area contributed by atoms with E-state index in [2.05, 4.69) is 4.98 Å². The van der Waals surface area contributed by atoms with E-state index in [0.29, 0.717) is 37.5 Å². The van der Waals surface area contributed by atoms with E-state index >= 15 is 0 Å².